The Morgan fingerprint density at radius 2 is 2.04 bits per heavy atom. The van der Waals surface area contributed by atoms with Crippen molar-refractivity contribution in [3.05, 3.63) is 58.7 Å². The second-order valence-electron chi connectivity index (χ2n) is 5.77. The lowest BCUT2D eigenvalue weighted by atomic mass is 10.0. The highest BCUT2D eigenvalue weighted by Gasteiger charge is 2.22. The van der Waals surface area contributed by atoms with Crippen LogP contribution in [-0.2, 0) is 0 Å². The number of rotatable bonds is 3. The second kappa shape index (κ2) is 5.81. The first kappa shape index (κ1) is 15.7. The number of fused-ring (bicyclic) bond motifs is 1. The molecule has 1 aromatic carbocycles. The third-order valence-electron chi connectivity index (χ3n) is 3.98. The zero-order valence-electron chi connectivity index (χ0n) is 13.4. The van der Waals surface area contributed by atoms with E-state index in [0.29, 0.717) is 0 Å². The SMILES string of the molecule is Cc1nc(C(=O)c2ccc(N)c(C(=O)O)c2)n2c1C=CC(C)C=C2. The van der Waals surface area contributed by atoms with Gasteiger partial charge in [0, 0.05) is 17.5 Å². The van der Waals surface area contributed by atoms with Crippen LogP contribution in [0.5, 0.6) is 0 Å². The minimum atomic E-state index is -1.17. The third kappa shape index (κ3) is 2.62. The molecule has 6 nitrogen and oxygen atoms in total. The quantitative estimate of drug-likeness (QED) is 0.668. The molecule has 1 atom stereocenters. The summed E-state index contributed by atoms with van der Waals surface area (Å²) >= 11 is 0. The Morgan fingerprint density at radius 3 is 2.75 bits per heavy atom. The van der Waals surface area contributed by atoms with Crippen LogP contribution in [0.1, 0.15) is 44.9 Å². The van der Waals surface area contributed by atoms with Crippen LogP contribution >= 0.6 is 0 Å². The van der Waals surface area contributed by atoms with Gasteiger partial charge >= 0.3 is 5.97 Å². The highest BCUT2D eigenvalue weighted by Crippen LogP contribution is 2.22. The Hall–Kier alpha value is -3.15. The first-order valence-electron chi connectivity index (χ1n) is 7.51. The molecule has 3 rings (SSSR count). The van der Waals surface area contributed by atoms with E-state index in [1.165, 1.54) is 18.2 Å². The number of carboxylic acid groups (broad SMARTS) is 1. The average molecular weight is 323 g/mol. The van der Waals surface area contributed by atoms with Crippen molar-refractivity contribution in [3.8, 4) is 0 Å². The summed E-state index contributed by atoms with van der Waals surface area (Å²) in [5.41, 5.74) is 7.49. The molecule has 1 aliphatic rings. The number of nitrogen functional groups attached to an aromatic ring is 1. The number of hydrogen-bond donors (Lipinski definition) is 2. The van der Waals surface area contributed by atoms with Gasteiger partial charge in [-0.25, -0.2) is 9.78 Å². The molecule has 0 bridgehead atoms. The van der Waals surface area contributed by atoms with Crippen molar-refractivity contribution in [1.29, 1.82) is 0 Å². The number of allylic oxidation sites excluding steroid dienone is 2. The Labute approximate surface area is 138 Å². The molecule has 0 saturated carbocycles. The van der Waals surface area contributed by atoms with Gasteiger partial charge in [0.05, 0.1) is 17.0 Å². The largest absolute Gasteiger partial charge is 0.478 e. The van der Waals surface area contributed by atoms with E-state index in [1.54, 1.807) is 4.57 Å². The Bertz CT molecular complexity index is 906. The predicted molar refractivity (Wildman–Crippen MR) is 91.7 cm³/mol. The number of imidazole rings is 1. The van der Waals surface area contributed by atoms with Crippen molar-refractivity contribution in [2.45, 2.75) is 13.8 Å². The van der Waals surface area contributed by atoms with Gasteiger partial charge in [-0.1, -0.05) is 19.1 Å². The summed E-state index contributed by atoms with van der Waals surface area (Å²) in [6.45, 7) is 3.88. The van der Waals surface area contributed by atoms with Gasteiger partial charge in [0.1, 0.15) is 0 Å². The lowest BCUT2D eigenvalue weighted by Gasteiger charge is -2.06. The first-order valence-corrected chi connectivity index (χ1v) is 7.51. The van der Waals surface area contributed by atoms with Gasteiger partial charge in [-0.3, -0.25) is 9.36 Å². The van der Waals surface area contributed by atoms with Crippen LogP contribution in [0.25, 0.3) is 12.3 Å². The number of aromatic carboxylic acids is 1. The Kier molecular flexibility index (Phi) is 3.81. The highest BCUT2D eigenvalue weighted by molar-refractivity contribution is 6.09. The number of benzene rings is 1. The van der Waals surface area contributed by atoms with Crippen molar-refractivity contribution in [1.82, 2.24) is 9.55 Å². The van der Waals surface area contributed by atoms with Gasteiger partial charge in [-0.05, 0) is 37.1 Å². The second-order valence-corrected chi connectivity index (χ2v) is 5.77. The van der Waals surface area contributed by atoms with Crippen molar-refractivity contribution in [3.63, 3.8) is 0 Å². The lowest BCUT2D eigenvalue weighted by molar-refractivity contribution is 0.0698. The molecule has 0 spiro atoms. The zero-order valence-corrected chi connectivity index (χ0v) is 13.4. The summed E-state index contributed by atoms with van der Waals surface area (Å²) in [4.78, 5) is 28.4. The molecule has 122 valence electrons. The number of nitrogens with two attached hydrogens (primary N) is 1. The molecule has 0 saturated heterocycles. The minimum absolute atomic E-state index is 0.0933. The molecule has 0 amide bonds. The molecule has 1 aliphatic heterocycles. The number of carbonyl (C=O) groups is 2. The van der Waals surface area contributed by atoms with Crippen LogP contribution in [0.15, 0.2) is 30.4 Å². The van der Waals surface area contributed by atoms with Crippen LogP contribution in [0.3, 0.4) is 0 Å². The fourth-order valence-electron chi connectivity index (χ4n) is 2.61. The molecule has 2 aromatic rings. The molecule has 0 fully saturated rings. The summed E-state index contributed by atoms with van der Waals surface area (Å²) in [5, 5.41) is 9.17. The van der Waals surface area contributed by atoms with E-state index in [1.807, 2.05) is 38.3 Å². The first-order chi connectivity index (χ1) is 11.4. The van der Waals surface area contributed by atoms with E-state index in [4.69, 9.17) is 5.73 Å². The fourth-order valence-corrected chi connectivity index (χ4v) is 2.61. The standard InChI is InChI=1S/C18H17N3O3/c1-10-3-6-15-11(2)20-17(21(15)8-7-10)16(22)12-4-5-14(19)13(9-12)18(23)24/h3-10H,19H2,1-2H3,(H,23,24). The summed E-state index contributed by atoms with van der Waals surface area (Å²) in [7, 11) is 0. The average Bonchev–Trinajstić information content (AvgIpc) is 2.72. The van der Waals surface area contributed by atoms with Crippen LogP contribution < -0.4 is 5.73 Å². The molecule has 24 heavy (non-hydrogen) atoms. The van der Waals surface area contributed by atoms with Crippen molar-refractivity contribution < 1.29 is 14.7 Å². The van der Waals surface area contributed by atoms with Gasteiger partial charge in [-0.2, -0.15) is 0 Å². The number of carboxylic acids is 1. The van der Waals surface area contributed by atoms with Crippen LogP contribution in [0.4, 0.5) is 5.69 Å². The topological polar surface area (TPSA) is 98.2 Å². The molecule has 6 heteroatoms. The van der Waals surface area contributed by atoms with E-state index < -0.39 is 5.97 Å². The van der Waals surface area contributed by atoms with E-state index in [9.17, 15) is 14.7 Å². The number of hydrogen-bond acceptors (Lipinski definition) is 4. The van der Waals surface area contributed by atoms with Crippen molar-refractivity contribution in [2.75, 3.05) is 5.73 Å². The van der Waals surface area contributed by atoms with Gasteiger partial charge in [-0.15, -0.1) is 0 Å². The number of aryl methyl sites for hydroxylation is 1. The lowest BCUT2D eigenvalue weighted by Crippen LogP contribution is -2.11. The molecule has 1 aromatic heterocycles. The molecular weight excluding hydrogens is 306 g/mol. The summed E-state index contributed by atoms with van der Waals surface area (Å²) < 4.78 is 1.73. The monoisotopic (exact) mass is 323 g/mol. The van der Waals surface area contributed by atoms with Gasteiger partial charge in [0.15, 0.2) is 5.82 Å². The Balaban J connectivity index is 2.10. The maximum atomic E-state index is 12.8. The van der Waals surface area contributed by atoms with Crippen LogP contribution in [0, 0.1) is 12.8 Å². The summed E-state index contributed by atoms with van der Waals surface area (Å²) in [6, 6.07) is 4.23. The highest BCUT2D eigenvalue weighted by atomic mass is 16.4. The molecular formula is C18H17N3O3. The maximum Gasteiger partial charge on any atom is 0.337 e. The van der Waals surface area contributed by atoms with Crippen molar-refractivity contribution in [2.24, 2.45) is 5.92 Å². The van der Waals surface area contributed by atoms with Gasteiger partial charge in [0.25, 0.3) is 0 Å². The maximum absolute atomic E-state index is 12.8. The summed E-state index contributed by atoms with van der Waals surface area (Å²) in [6.07, 6.45) is 7.76. The number of anilines is 1. The number of aromatic nitrogens is 2. The Morgan fingerprint density at radius 1 is 1.29 bits per heavy atom. The zero-order chi connectivity index (χ0) is 17.4. The van der Waals surface area contributed by atoms with Crippen LogP contribution in [-0.4, -0.2) is 26.4 Å². The van der Waals surface area contributed by atoms with E-state index in [-0.39, 0.29) is 34.3 Å². The van der Waals surface area contributed by atoms with E-state index in [0.717, 1.165) is 11.4 Å². The van der Waals surface area contributed by atoms with E-state index >= 15 is 0 Å². The predicted octanol–water partition coefficient (Wildman–Crippen LogP) is 2.84. The number of nitrogens with zero attached hydrogens (tertiary/aromatic N) is 2. The number of ketones is 1. The molecule has 0 aliphatic carbocycles. The van der Waals surface area contributed by atoms with Gasteiger partial charge < -0.3 is 10.8 Å². The van der Waals surface area contributed by atoms with E-state index in [2.05, 4.69) is 4.98 Å². The fraction of sp³-hybridized carbons (Fsp3) is 0.167. The van der Waals surface area contributed by atoms with Crippen molar-refractivity contribution >= 4 is 29.7 Å². The molecule has 0 radical (unpaired) electrons. The smallest absolute Gasteiger partial charge is 0.337 e. The minimum Gasteiger partial charge on any atom is -0.478 e. The molecule has 2 heterocycles. The van der Waals surface area contributed by atoms with Crippen LogP contribution in [0.2, 0.25) is 0 Å². The van der Waals surface area contributed by atoms with Gasteiger partial charge in [0.2, 0.25) is 5.78 Å². The normalized spacial score (nSPS) is 15.8. The molecule has 3 N–H and O–H groups in total. The number of carbonyl (C=O) groups excluding carboxylic acids is 1. The third-order valence-corrected chi connectivity index (χ3v) is 3.98. The molecule has 1 unspecified atom stereocenters. The summed E-state index contributed by atoms with van der Waals surface area (Å²) in [5.74, 6) is -1.02.